The van der Waals surface area contributed by atoms with E-state index in [4.69, 9.17) is 23.7 Å². The van der Waals surface area contributed by atoms with E-state index in [0.29, 0.717) is 40.1 Å². The van der Waals surface area contributed by atoms with Gasteiger partial charge in [0.05, 0.1) is 23.6 Å². The third kappa shape index (κ3) is 2.46. The predicted octanol–water partition coefficient (Wildman–Crippen LogP) is 2.05. The molecule has 0 N–H and O–H groups in total. The lowest BCUT2D eigenvalue weighted by molar-refractivity contribution is -0.137. The lowest BCUT2D eigenvalue weighted by atomic mass is 9.96. The number of benzene rings is 1. The summed E-state index contributed by atoms with van der Waals surface area (Å²) in [7, 11) is 1.27. The molecule has 134 valence electrons. The number of carbonyl (C=O) groups is 2. The Morgan fingerprint density at radius 3 is 2.96 bits per heavy atom. The first-order valence-electron chi connectivity index (χ1n) is 7.99. The number of carbonyl (C=O) groups excluding carboxylic acids is 2. The Balaban J connectivity index is 1.93. The third-order valence-corrected chi connectivity index (χ3v) is 4.12. The van der Waals surface area contributed by atoms with Gasteiger partial charge >= 0.3 is 11.9 Å². The average molecular weight is 357 g/mol. The quantitative estimate of drug-likeness (QED) is 0.456. The number of pyridine rings is 1. The van der Waals surface area contributed by atoms with Crippen LogP contribution in [0.4, 0.5) is 0 Å². The number of hydrogen-bond acceptors (Lipinski definition) is 8. The van der Waals surface area contributed by atoms with E-state index in [1.807, 2.05) is 6.92 Å². The van der Waals surface area contributed by atoms with Gasteiger partial charge in [-0.1, -0.05) is 0 Å². The maximum atomic E-state index is 12.0. The van der Waals surface area contributed by atoms with Crippen LogP contribution < -0.4 is 9.47 Å². The van der Waals surface area contributed by atoms with Crippen molar-refractivity contribution in [1.82, 2.24) is 4.98 Å². The molecule has 0 saturated carbocycles. The van der Waals surface area contributed by atoms with Gasteiger partial charge in [0.2, 0.25) is 5.76 Å². The van der Waals surface area contributed by atoms with Gasteiger partial charge in [-0.25, -0.2) is 14.6 Å². The first-order valence-corrected chi connectivity index (χ1v) is 7.99. The predicted molar refractivity (Wildman–Crippen MR) is 88.7 cm³/mol. The molecule has 0 fully saturated rings. The standard InChI is InChI=1S/C18H15NO7/c1-3-23-8-25-12-5-4-10-15-13(6-11(19-10)17(20)22-2)26-16-9(14(12)15)7-24-18(16)21/h4-6H,3,7-8H2,1-2H3. The number of rotatable bonds is 5. The molecule has 2 aromatic rings. The molecular weight excluding hydrogens is 342 g/mol. The molecule has 8 nitrogen and oxygen atoms in total. The first kappa shape index (κ1) is 16.3. The van der Waals surface area contributed by atoms with Crippen molar-refractivity contribution in [1.29, 1.82) is 0 Å². The Hall–Kier alpha value is -3.13. The summed E-state index contributed by atoms with van der Waals surface area (Å²) in [5, 5.41) is 0.642. The summed E-state index contributed by atoms with van der Waals surface area (Å²) in [5.41, 5.74) is 1.85. The molecule has 2 aliphatic heterocycles. The van der Waals surface area contributed by atoms with E-state index in [-0.39, 0.29) is 24.9 Å². The van der Waals surface area contributed by atoms with E-state index in [2.05, 4.69) is 4.98 Å². The molecule has 8 heteroatoms. The number of aromatic nitrogens is 1. The number of ether oxygens (including phenoxy) is 5. The van der Waals surface area contributed by atoms with Crippen LogP contribution in [-0.2, 0) is 19.0 Å². The third-order valence-electron chi connectivity index (χ3n) is 4.12. The molecule has 0 saturated heterocycles. The molecule has 0 spiro atoms. The number of hydrogen-bond donors (Lipinski definition) is 0. The Morgan fingerprint density at radius 2 is 2.19 bits per heavy atom. The van der Waals surface area contributed by atoms with Crippen LogP contribution >= 0.6 is 0 Å². The average Bonchev–Trinajstić information content (AvgIpc) is 3.03. The maximum Gasteiger partial charge on any atom is 0.375 e. The second-order valence-corrected chi connectivity index (χ2v) is 5.57. The molecular formula is C18H15NO7. The molecule has 1 aromatic heterocycles. The molecule has 1 aromatic carbocycles. The van der Waals surface area contributed by atoms with Crippen LogP contribution in [-0.4, -0.2) is 44.0 Å². The van der Waals surface area contributed by atoms with Crippen molar-refractivity contribution in [2.24, 2.45) is 0 Å². The molecule has 0 amide bonds. The molecule has 0 radical (unpaired) electrons. The zero-order valence-electron chi connectivity index (χ0n) is 14.2. The topological polar surface area (TPSA) is 93.2 Å². The fourth-order valence-electron chi connectivity index (χ4n) is 2.96. The van der Waals surface area contributed by atoms with E-state index in [1.54, 1.807) is 12.1 Å². The van der Waals surface area contributed by atoms with Crippen molar-refractivity contribution in [3.05, 3.63) is 35.2 Å². The minimum atomic E-state index is -0.598. The van der Waals surface area contributed by atoms with Crippen molar-refractivity contribution in [2.75, 3.05) is 27.1 Å². The van der Waals surface area contributed by atoms with E-state index in [1.165, 1.54) is 13.2 Å². The zero-order valence-corrected chi connectivity index (χ0v) is 14.2. The van der Waals surface area contributed by atoms with Crippen molar-refractivity contribution >= 4 is 28.4 Å². The van der Waals surface area contributed by atoms with Gasteiger partial charge in [0.25, 0.3) is 0 Å². The van der Waals surface area contributed by atoms with E-state index < -0.39 is 11.9 Å². The second kappa shape index (κ2) is 6.30. The SMILES string of the molecule is CCOCOc1ccc2nc(C(=O)OC)cc3c2c1C1=C(O3)C(=O)OC1. The van der Waals surface area contributed by atoms with Gasteiger partial charge in [0.15, 0.2) is 12.5 Å². The molecule has 0 bridgehead atoms. The van der Waals surface area contributed by atoms with Crippen LogP contribution in [0, 0.1) is 0 Å². The van der Waals surface area contributed by atoms with Gasteiger partial charge in [0, 0.05) is 18.2 Å². The molecule has 2 aliphatic rings. The lowest BCUT2D eigenvalue weighted by Crippen LogP contribution is -2.13. The van der Waals surface area contributed by atoms with E-state index >= 15 is 0 Å². The Kier molecular flexibility index (Phi) is 3.96. The number of nitrogens with zero attached hydrogens (tertiary/aromatic N) is 1. The molecule has 0 aliphatic carbocycles. The van der Waals surface area contributed by atoms with Gasteiger partial charge in [-0.2, -0.15) is 0 Å². The van der Waals surface area contributed by atoms with Crippen LogP contribution in [0.1, 0.15) is 23.0 Å². The summed E-state index contributed by atoms with van der Waals surface area (Å²) in [4.78, 5) is 28.2. The molecule has 0 unspecified atom stereocenters. The molecule has 4 rings (SSSR count). The zero-order chi connectivity index (χ0) is 18.3. The highest BCUT2D eigenvalue weighted by atomic mass is 16.7. The number of fused-ring (bicyclic) bond motifs is 1. The van der Waals surface area contributed by atoms with Crippen LogP contribution in [0.2, 0.25) is 0 Å². The van der Waals surface area contributed by atoms with Gasteiger partial charge < -0.3 is 23.7 Å². The Morgan fingerprint density at radius 1 is 1.35 bits per heavy atom. The van der Waals surface area contributed by atoms with Crippen LogP contribution in [0.25, 0.3) is 16.5 Å². The number of cyclic esters (lactones) is 1. The normalized spacial score (nSPS) is 14.8. The number of methoxy groups -OCH3 is 1. The summed E-state index contributed by atoms with van der Waals surface area (Å²) in [6.07, 6.45) is 0. The van der Waals surface area contributed by atoms with Crippen molar-refractivity contribution in [3.63, 3.8) is 0 Å². The summed E-state index contributed by atoms with van der Waals surface area (Å²) in [6.45, 7) is 2.52. The Labute approximate surface area is 148 Å². The van der Waals surface area contributed by atoms with Gasteiger partial charge in [-0.3, -0.25) is 0 Å². The largest absolute Gasteiger partial charge is 0.467 e. The minimum Gasteiger partial charge on any atom is -0.467 e. The smallest absolute Gasteiger partial charge is 0.375 e. The molecule has 26 heavy (non-hydrogen) atoms. The van der Waals surface area contributed by atoms with Crippen LogP contribution in [0.15, 0.2) is 24.0 Å². The van der Waals surface area contributed by atoms with Crippen molar-refractivity contribution < 1.29 is 33.3 Å². The highest BCUT2D eigenvalue weighted by Crippen LogP contribution is 2.46. The maximum absolute atomic E-state index is 12.0. The van der Waals surface area contributed by atoms with Gasteiger partial charge in [-0.15, -0.1) is 0 Å². The minimum absolute atomic E-state index is 0.0658. The van der Waals surface area contributed by atoms with Gasteiger partial charge in [0.1, 0.15) is 18.1 Å². The first-order chi connectivity index (χ1) is 12.6. The monoisotopic (exact) mass is 357 g/mol. The van der Waals surface area contributed by atoms with E-state index in [9.17, 15) is 9.59 Å². The number of esters is 2. The molecule has 3 heterocycles. The van der Waals surface area contributed by atoms with Crippen LogP contribution in [0.5, 0.6) is 11.5 Å². The summed E-state index contributed by atoms with van der Waals surface area (Å²) in [6, 6.07) is 4.87. The van der Waals surface area contributed by atoms with Crippen LogP contribution in [0.3, 0.4) is 0 Å². The Bertz CT molecular complexity index is 964. The molecule has 0 atom stereocenters. The summed E-state index contributed by atoms with van der Waals surface area (Å²) < 4.78 is 26.5. The van der Waals surface area contributed by atoms with Gasteiger partial charge in [-0.05, 0) is 19.1 Å². The lowest BCUT2D eigenvalue weighted by Gasteiger charge is -2.21. The fourth-order valence-corrected chi connectivity index (χ4v) is 2.96. The summed E-state index contributed by atoms with van der Waals surface area (Å²) >= 11 is 0. The summed E-state index contributed by atoms with van der Waals surface area (Å²) in [5.74, 6) is -0.222. The second-order valence-electron chi connectivity index (χ2n) is 5.57. The highest BCUT2D eigenvalue weighted by Gasteiger charge is 2.36. The van der Waals surface area contributed by atoms with Crippen molar-refractivity contribution in [2.45, 2.75) is 6.92 Å². The van der Waals surface area contributed by atoms with Crippen molar-refractivity contribution in [3.8, 4) is 11.5 Å². The fraction of sp³-hybridized carbons (Fsp3) is 0.278. The highest BCUT2D eigenvalue weighted by molar-refractivity contribution is 6.10. The van der Waals surface area contributed by atoms with E-state index in [0.717, 1.165) is 0 Å².